The number of hydrogen-bond donors (Lipinski definition) is 0. The van der Waals surface area contributed by atoms with Crippen molar-refractivity contribution in [3.8, 4) is 5.75 Å². The van der Waals surface area contributed by atoms with Gasteiger partial charge in [0.25, 0.3) is 0 Å². The highest BCUT2D eigenvalue weighted by Crippen LogP contribution is 2.32. The molecule has 0 N–H and O–H groups in total. The first kappa shape index (κ1) is 22.3. The molecule has 172 valence electrons. The molecule has 0 saturated carbocycles. The first-order valence-corrected chi connectivity index (χ1v) is 11.6. The van der Waals surface area contributed by atoms with Crippen molar-refractivity contribution in [1.82, 2.24) is 24.6 Å². The summed E-state index contributed by atoms with van der Waals surface area (Å²) in [6, 6.07) is 8.05. The van der Waals surface area contributed by atoms with Crippen LogP contribution in [-0.2, 0) is 22.7 Å². The molecule has 2 fully saturated rings. The molecule has 1 aromatic carbocycles. The largest absolute Gasteiger partial charge is 0.497 e. The highest BCUT2D eigenvalue weighted by molar-refractivity contribution is 5.79. The number of likely N-dealkylation sites (tertiary alicyclic amines) is 2. The molecule has 0 unspecified atom stereocenters. The number of aromatic nitrogens is 3. The number of rotatable bonds is 6. The van der Waals surface area contributed by atoms with Crippen molar-refractivity contribution in [2.75, 3.05) is 13.7 Å². The van der Waals surface area contributed by atoms with Crippen molar-refractivity contribution >= 4 is 11.8 Å². The zero-order valence-corrected chi connectivity index (χ0v) is 19.3. The van der Waals surface area contributed by atoms with E-state index in [1.165, 1.54) is 0 Å². The standard InChI is InChI=1S/C24H33N5O3/c1-17-25-18(2)29(26-17)15-13-24(31)27-14-12-22-21(27)6-4-5-7-23(30)28(22)16-19-8-10-20(32-3)11-9-19/h8-11,21-22H,4-7,12-16H2,1-3H3/t21-,22+/m1/s1. The number of nitrogens with zero attached hydrogens (tertiary/aromatic N) is 5. The summed E-state index contributed by atoms with van der Waals surface area (Å²) in [5.74, 6) is 2.70. The summed E-state index contributed by atoms with van der Waals surface area (Å²) in [7, 11) is 1.65. The van der Waals surface area contributed by atoms with Gasteiger partial charge in [0.15, 0.2) is 0 Å². The third-order valence-corrected chi connectivity index (χ3v) is 6.70. The Labute approximate surface area is 189 Å². The smallest absolute Gasteiger partial charge is 0.224 e. The molecular weight excluding hydrogens is 406 g/mol. The van der Waals surface area contributed by atoms with E-state index in [0.717, 1.165) is 48.6 Å². The van der Waals surface area contributed by atoms with Crippen LogP contribution in [0.1, 0.15) is 55.7 Å². The quantitative estimate of drug-likeness (QED) is 0.691. The molecular formula is C24H33N5O3. The van der Waals surface area contributed by atoms with E-state index in [9.17, 15) is 9.59 Å². The summed E-state index contributed by atoms with van der Waals surface area (Å²) < 4.78 is 7.06. The minimum Gasteiger partial charge on any atom is -0.497 e. The molecule has 4 rings (SSSR count). The maximum absolute atomic E-state index is 13.2. The van der Waals surface area contributed by atoms with Gasteiger partial charge < -0.3 is 14.5 Å². The highest BCUT2D eigenvalue weighted by atomic mass is 16.5. The topological polar surface area (TPSA) is 80.6 Å². The van der Waals surface area contributed by atoms with E-state index < -0.39 is 0 Å². The number of aryl methyl sites for hydroxylation is 3. The van der Waals surface area contributed by atoms with Gasteiger partial charge in [0, 0.05) is 25.9 Å². The molecule has 0 spiro atoms. The average molecular weight is 440 g/mol. The van der Waals surface area contributed by atoms with E-state index >= 15 is 0 Å². The van der Waals surface area contributed by atoms with Gasteiger partial charge >= 0.3 is 0 Å². The first-order valence-electron chi connectivity index (χ1n) is 11.6. The number of benzene rings is 1. The maximum Gasteiger partial charge on any atom is 0.224 e. The Balaban J connectivity index is 1.46. The van der Waals surface area contributed by atoms with Crippen molar-refractivity contribution in [1.29, 1.82) is 0 Å². The molecule has 0 radical (unpaired) electrons. The molecule has 32 heavy (non-hydrogen) atoms. The van der Waals surface area contributed by atoms with Gasteiger partial charge in [-0.1, -0.05) is 18.6 Å². The lowest BCUT2D eigenvalue weighted by atomic mass is 9.96. The summed E-state index contributed by atoms with van der Waals surface area (Å²) in [5.41, 5.74) is 1.08. The van der Waals surface area contributed by atoms with Gasteiger partial charge in [-0.25, -0.2) is 9.67 Å². The predicted molar refractivity (Wildman–Crippen MR) is 120 cm³/mol. The molecule has 8 nitrogen and oxygen atoms in total. The van der Waals surface area contributed by atoms with Crippen LogP contribution in [0, 0.1) is 13.8 Å². The second kappa shape index (κ2) is 9.71. The van der Waals surface area contributed by atoms with Crippen LogP contribution in [0.2, 0.25) is 0 Å². The summed E-state index contributed by atoms with van der Waals surface area (Å²) in [6.07, 6.45) is 4.62. The number of methoxy groups -OCH3 is 1. The third-order valence-electron chi connectivity index (χ3n) is 6.70. The zero-order chi connectivity index (χ0) is 22.7. The van der Waals surface area contributed by atoms with Crippen molar-refractivity contribution in [2.24, 2.45) is 0 Å². The molecule has 2 aliphatic heterocycles. The number of ether oxygens (including phenoxy) is 1. The molecule has 0 aliphatic carbocycles. The summed E-state index contributed by atoms with van der Waals surface area (Å²) >= 11 is 0. The van der Waals surface area contributed by atoms with Crippen LogP contribution in [0.4, 0.5) is 0 Å². The second-order valence-electron chi connectivity index (χ2n) is 8.81. The lowest BCUT2D eigenvalue weighted by molar-refractivity contribution is -0.139. The van der Waals surface area contributed by atoms with Crippen LogP contribution in [-0.4, -0.2) is 62.1 Å². The number of hydrogen-bond acceptors (Lipinski definition) is 5. The second-order valence-corrected chi connectivity index (χ2v) is 8.81. The van der Waals surface area contributed by atoms with Gasteiger partial charge in [-0.2, -0.15) is 5.10 Å². The zero-order valence-electron chi connectivity index (χ0n) is 19.3. The van der Waals surface area contributed by atoms with Crippen LogP contribution in [0.3, 0.4) is 0 Å². The Morgan fingerprint density at radius 2 is 1.91 bits per heavy atom. The van der Waals surface area contributed by atoms with Crippen LogP contribution < -0.4 is 4.74 Å². The number of carbonyl (C=O) groups excluding carboxylic acids is 2. The van der Waals surface area contributed by atoms with Crippen LogP contribution in [0.25, 0.3) is 0 Å². The van der Waals surface area contributed by atoms with E-state index in [0.29, 0.717) is 32.5 Å². The van der Waals surface area contributed by atoms with E-state index in [1.54, 1.807) is 11.8 Å². The van der Waals surface area contributed by atoms with E-state index in [4.69, 9.17) is 4.74 Å². The van der Waals surface area contributed by atoms with Crippen molar-refractivity contribution in [3.05, 3.63) is 41.5 Å². The van der Waals surface area contributed by atoms with Gasteiger partial charge in [-0.3, -0.25) is 9.59 Å². The number of carbonyl (C=O) groups is 2. The molecule has 2 aliphatic rings. The van der Waals surface area contributed by atoms with Crippen LogP contribution >= 0.6 is 0 Å². The Hall–Kier alpha value is -2.90. The predicted octanol–water partition coefficient (Wildman–Crippen LogP) is 2.87. The average Bonchev–Trinajstić information content (AvgIpc) is 3.34. The van der Waals surface area contributed by atoms with Crippen molar-refractivity contribution < 1.29 is 14.3 Å². The molecule has 2 atom stereocenters. The molecule has 3 heterocycles. The molecule has 2 amide bonds. The first-order chi connectivity index (χ1) is 15.5. The Morgan fingerprint density at radius 1 is 1.12 bits per heavy atom. The van der Waals surface area contributed by atoms with E-state index in [-0.39, 0.29) is 23.9 Å². The monoisotopic (exact) mass is 439 g/mol. The highest BCUT2D eigenvalue weighted by Gasteiger charge is 2.42. The minimum atomic E-state index is 0.0733. The Bertz CT molecular complexity index is 955. The fraction of sp³-hybridized carbons (Fsp3) is 0.583. The molecule has 8 heteroatoms. The van der Waals surface area contributed by atoms with Crippen LogP contribution in [0.15, 0.2) is 24.3 Å². The fourth-order valence-corrected chi connectivity index (χ4v) is 5.07. The summed E-state index contributed by atoms with van der Waals surface area (Å²) in [4.78, 5) is 34.6. The van der Waals surface area contributed by atoms with Gasteiger partial charge in [-0.15, -0.1) is 0 Å². The molecule has 2 saturated heterocycles. The summed E-state index contributed by atoms with van der Waals surface area (Å²) in [6.45, 7) is 5.58. The van der Waals surface area contributed by atoms with Crippen LogP contribution in [0.5, 0.6) is 5.75 Å². The van der Waals surface area contributed by atoms with Crippen molar-refractivity contribution in [3.63, 3.8) is 0 Å². The number of fused-ring (bicyclic) bond motifs is 1. The summed E-state index contributed by atoms with van der Waals surface area (Å²) in [5, 5.41) is 4.37. The third kappa shape index (κ3) is 4.79. The van der Waals surface area contributed by atoms with Crippen molar-refractivity contribution in [2.45, 2.75) is 77.5 Å². The Morgan fingerprint density at radius 3 is 2.59 bits per heavy atom. The van der Waals surface area contributed by atoms with Gasteiger partial charge in [0.2, 0.25) is 11.8 Å². The van der Waals surface area contributed by atoms with E-state index in [1.807, 2.05) is 47.9 Å². The van der Waals surface area contributed by atoms with Gasteiger partial charge in [0.1, 0.15) is 17.4 Å². The fourth-order valence-electron chi connectivity index (χ4n) is 5.07. The maximum atomic E-state index is 13.2. The Kier molecular flexibility index (Phi) is 6.77. The lowest BCUT2D eigenvalue weighted by Gasteiger charge is -2.37. The normalized spacial score (nSPS) is 21.3. The SMILES string of the molecule is COc1ccc(CN2C(=O)CCCC[C@@H]3[C@@H]2CCN3C(=O)CCn2nc(C)nc2C)cc1. The number of amides is 2. The van der Waals surface area contributed by atoms with E-state index in [2.05, 4.69) is 10.1 Å². The molecule has 2 aromatic rings. The van der Waals surface area contributed by atoms with Gasteiger partial charge in [0.05, 0.1) is 25.7 Å². The lowest BCUT2D eigenvalue weighted by Crippen LogP contribution is -2.49. The minimum absolute atomic E-state index is 0.0733. The molecule has 0 bridgehead atoms. The van der Waals surface area contributed by atoms with Gasteiger partial charge in [-0.05, 0) is 50.8 Å². The molecule has 1 aromatic heterocycles.